The van der Waals surface area contributed by atoms with E-state index in [0.717, 1.165) is 110 Å². The van der Waals surface area contributed by atoms with Crippen molar-refractivity contribution in [2.75, 3.05) is 78.5 Å². The monoisotopic (exact) mass is 712 g/mol. The van der Waals surface area contributed by atoms with Gasteiger partial charge in [-0.1, -0.05) is 34.1 Å². The smallest absolute Gasteiger partial charge is 0.225 e. The van der Waals surface area contributed by atoms with Gasteiger partial charge in [0.2, 0.25) is 11.8 Å². The Kier molecular flexibility index (Phi) is 15.8. The van der Waals surface area contributed by atoms with E-state index in [-0.39, 0.29) is 35.5 Å². The molecular weight excluding hydrogens is 638 g/mol. The first-order chi connectivity index (χ1) is 24.6. The van der Waals surface area contributed by atoms with E-state index in [4.69, 9.17) is 0 Å². The van der Waals surface area contributed by atoms with E-state index in [0.29, 0.717) is 29.4 Å². The van der Waals surface area contributed by atoms with Crippen LogP contribution in [0.15, 0.2) is 0 Å². The van der Waals surface area contributed by atoms with Gasteiger partial charge in [-0.3, -0.25) is 24.1 Å². The molecule has 6 aliphatic rings. The van der Waals surface area contributed by atoms with E-state index < -0.39 is 0 Å². The van der Waals surface area contributed by atoms with Crippen LogP contribution in [0.1, 0.15) is 124 Å². The van der Waals surface area contributed by atoms with E-state index in [1.807, 2.05) is 27.7 Å². The van der Waals surface area contributed by atoms with Crippen molar-refractivity contribution in [1.82, 2.24) is 24.5 Å². The fourth-order valence-corrected chi connectivity index (χ4v) is 9.92. The number of rotatable bonds is 10. The molecule has 0 N–H and O–H groups in total. The molecule has 2 aliphatic carbocycles. The first kappa shape index (κ1) is 40.3. The maximum atomic E-state index is 12.9. The predicted octanol–water partition coefficient (Wildman–Crippen LogP) is 5.75. The molecule has 4 heterocycles. The molecule has 290 valence electrons. The second kappa shape index (κ2) is 20.0. The van der Waals surface area contributed by atoms with Gasteiger partial charge in [0.1, 0.15) is 11.6 Å². The van der Waals surface area contributed by atoms with Crippen molar-refractivity contribution in [3.05, 3.63) is 0 Å². The summed E-state index contributed by atoms with van der Waals surface area (Å²) in [6.45, 7) is 21.0. The highest BCUT2D eigenvalue weighted by Crippen LogP contribution is 2.34. The summed E-state index contributed by atoms with van der Waals surface area (Å²) in [5.74, 6) is 2.48. The van der Waals surface area contributed by atoms with Gasteiger partial charge in [-0.05, 0) is 116 Å². The third-order valence-corrected chi connectivity index (χ3v) is 13.4. The van der Waals surface area contributed by atoms with Crippen LogP contribution in [-0.2, 0) is 19.2 Å². The van der Waals surface area contributed by atoms with Crippen molar-refractivity contribution in [1.29, 1.82) is 0 Å². The molecule has 0 radical (unpaired) electrons. The van der Waals surface area contributed by atoms with E-state index in [9.17, 15) is 19.2 Å². The fraction of sp³-hybridized carbons (Fsp3) is 0.905. The average molecular weight is 712 g/mol. The minimum atomic E-state index is 0.125. The molecule has 0 aromatic carbocycles. The van der Waals surface area contributed by atoms with Crippen LogP contribution < -0.4 is 0 Å². The molecule has 2 amide bonds. The molecular formula is C42H73N5O4. The number of piperidine rings is 2. The molecule has 4 saturated heterocycles. The number of amides is 2. The van der Waals surface area contributed by atoms with Gasteiger partial charge >= 0.3 is 0 Å². The Bertz CT molecular complexity index is 1100. The first-order valence-electron chi connectivity index (χ1n) is 21.4. The molecule has 51 heavy (non-hydrogen) atoms. The standard InChI is InChI=1S/C22H39N3O2.C20H34N2O2/c1-18(2)21(26)19-6-8-20(9-7-19)22(27)25-16-14-24(15-17-25)13-12-23-10-4-3-5-11-23;1-15(2)19(23)16-5-7-17(8-6-16)20(24)22-13-9-18(10-14-22)21-11-3-4-12-21/h18-20H,3-17H2,1-2H3;15-18H,3-14H2,1-2H3. The van der Waals surface area contributed by atoms with Gasteiger partial charge in [-0.2, -0.15) is 0 Å². The summed E-state index contributed by atoms with van der Waals surface area (Å²) in [5.41, 5.74) is 0. The highest BCUT2D eigenvalue weighted by molar-refractivity contribution is 5.84. The number of hydrogen-bond acceptors (Lipinski definition) is 7. The number of hydrogen-bond donors (Lipinski definition) is 0. The molecule has 4 aliphatic heterocycles. The SMILES string of the molecule is CC(C)C(=O)C1CCC(C(=O)N2CCC(N3CCCC3)CC2)CC1.CC(C)C(=O)C1CCC(C(=O)N2CCN(CCN3CCCCC3)CC2)CC1. The number of piperazine rings is 1. The lowest BCUT2D eigenvalue weighted by Crippen LogP contribution is -2.52. The zero-order valence-corrected chi connectivity index (χ0v) is 33.0. The van der Waals surface area contributed by atoms with Gasteiger partial charge in [0.25, 0.3) is 0 Å². The van der Waals surface area contributed by atoms with Crippen LogP contribution in [0, 0.1) is 35.5 Å². The molecule has 6 fully saturated rings. The van der Waals surface area contributed by atoms with Crippen LogP contribution in [0.25, 0.3) is 0 Å². The van der Waals surface area contributed by atoms with Gasteiger partial charge < -0.3 is 19.6 Å². The van der Waals surface area contributed by atoms with Crippen molar-refractivity contribution >= 4 is 23.4 Å². The van der Waals surface area contributed by atoms with Gasteiger partial charge in [0, 0.05) is 93.9 Å². The van der Waals surface area contributed by atoms with E-state index in [2.05, 4.69) is 24.5 Å². The predicted molar refractivity (Wildman–Crippen MR) is 204 cm³/mol. The Morgan fingerprint density at radius 3 is 1.24 bits per heavy atom. The Morgan fingerprint density at radius 1 is 0.431 bits per heavy atom. The number of carbonyl (C=O) groups excluding carboxylic acids is 4. The molecule has 0 unspecified atom stereocenters. The van der Waals surface area contributed by atoms with Gasteiger partial charge in [0.15, 0.2) is 0 Å². The third-order valence-electron chi connectivity index (χ3n) is 13.4. The highest BCUT2D eigenvalue weighted by Gasteiger charge is 2.36. The summed E-state index contributed by atoms with van der Waals surface area (Å²) in [6, 6.07) is 0.705. The topological polar surface area (TPSA) is 84.5 Å². The minimum Gasteiger partial charge on any atom is -0.342 e. The van der Waals surface area contributed by atoms with E-state index in [1.54, 1.807) is 0 Å². The summed E-state index contributed by atoms with van der Waals surface area (Å²) in [6.07, 6.45) is 16.3. The van der Waals surface area contributed by atoms with Crippen molar-refractivity contribution in [2.45, 2.75) is 130 Å². The van der Waals surface area contributed by atoms with Crippen LogP contribution in [0.5, 0.6) is 0 Å². The lowest BCUT2D eigenvalue weighted by Gasteiger charge is -2.39. The van der Waals surface area contributed by atoms with Crippen molar-refractivity contribution in [3.63, 3.8) is 0 Å². The van der Waals surface area contributed by atoms with E-state index in [1.165, 1.54) is 64.8 Å². The lowest BCUT2D eigenvalue weighted by atomic mass is 9.77. The second-order valence-corrected chi connectivity index (χ2v) is 17.6. The fourth-order valence-electron chi connectivity index (χ4n) is 9.92. The quantitative estimate of drug-likeness (QED) is 0.285. The molecule has 0 atom stereocenters. The van der Waals surface area contributed by atoms with Crippen LogP contribution >= 0.6 is 0 Å². The van der Waals surface area contributed by atoms with Crippen molar-refractivity contribution < 1.29 is 19.2 Å². The summed E-state index contributed by atoms with van der Waals surface area (Å²) in [4.78, 5) is 62.0. The maximum Gasteiger partial charge on any atom is 0.225 e. The molecule has 9 nitrogen and oxygen atoms in total. The molecule has 2 saturated carbocycles. The normalized spacial score (nSPS) is 29.2. The summed E-state index contributed by atoms with van der Waals surface area (Å²) in [5, 5.41) is 0. The van der Waals surface area contributed by atoms with E-state index >= 15 is 0 Å². The zero-order chi connectivity index (χ0) is 36.3. The number of nitrogens with zero attached hydrogens (tertiary/aromatic N) is 5. The van der Waals surface area contributed by atoms with Crippen molar-refractivity contribution in [3.8, 4) is 0 Å². The molecule has 0 aromatic rings. The number of Topliss-reactive ketones (excluding diaryl/α,β-unsaturated/α-hetero) is 2. The highest BCUT2D eigenvalue weighted by atomic mass is 16.2. The van der Waals surface area contributed by atoms with Crippen molar-refractivity contribution in [2.24, 2.45) is 35.5 Å². The third kappa shape index (κ3) is 11.6. The number of likely N-dealkylation sites (tertiary alicyclic amines) is 3. The Morgan fingerprint density at radius 2 is 0.804 bits per heavy atom. The zero-order valence-electron chi connectivity index (χ0n) is 33.0. The molecule has 9 heteroatoms. The maximum absolute atomic E-state index is 12.9. The lowest BCUT2D eigenvalue weighted by molar-refractivity contribution is -0.140. The average Bonchev–Trinajstić information content (AvgIpc) is 3.72. The molecule has 0 spiro atoms. The molecule has 0 bridgehead atoms. The Hall–Kier alpha value is -1.84. The summed E-state index contributed by atoms with van der Waals surface area (Å²) in [7, 11) is 0. The van der Waals surface area contributed by atoms with Crippen LogP contribution in [0.3, 0.4) is 0 Å². The largest absolute Gasteiger partial charge is 0.342 e. The Labute approximate surface area is 310 Å². The number of ketones is 2. The van der Waals surface area contributed by atoms with Crippen LogP contribution in [0.2, 0.25) is 0 Å². The first-order valence-corrected chi connectivity index (χ1v) is 21.4. The minimum absolute atomic E-state index is 0.125. The van der Waals surface area contributed by atoms with Gasteiger partial charge in [-0.25, -0.2) is 0 Å². The molecule has 0 aromatic heterocycles. The molecule has 6 rings (SSSR count). The summed E-state index contributed by atoms with van der Waals surface area (Å²) < 4.78 is 0. The van der Waals surface area contributed by atoms with Gasteiger partial charge in [0.05, 0.1) is 0 Å². The number of carbonyl (C=O) groups is 4. The van der Waals surface area contributed by atoms with Crippen LogP contribution in [-0.4, -0.2) is 132 Å². The van der Waals surface area contributed by atoms with Gasteiger partial charge in [-0.15, -0.1) is 0 Å². The second-order valence-electron chi connectivity index (χ2n) is 17.6. The van der Waals surface area contributed by atoms with Crippen LogP contribution in [0.4, 0.5) is 0 Å². The summed E-state index contributed by atoms with van der Waals surface area (Å²) >= 11 is 0. The Balaban J connectivity index is 0.000000199.